The van der Waals surface area contributed by atoms with Crippen molar-refractivity contribution in [2.45, 2.75) is 83.7 Å². The van der Waals surface area contributed by atoms with Gasteiger partial charge in [0.25, 0.3) is 0 Å². The maximum absolute atomic E-state index is 11.9. The molecule has 0 amide bonds. The van der Waals surface area contributed by atoms with E-state index in [1.54, 1.807) is 0 Å². The highest BCUT2D eigenvalue weighted by atomic mass is 16.3. The van der Waals surface area contributed by atoms with E-state index >= 15 is 0 Å². The van der Waals surface area contributed by atoms with Crippen LogP contribution < -0.4 is 0 Å². The molecule has 0 spiro atoms. The Balaban J connectivity index is 1.69. The van der Waals surface area contributed by atoms with Crippen molar-refractivity contribution in [1.29, 1.82) is 0 Å². The summed E-state index contributed by atoms with van der Waals surface area (Å²) in [6.07, 6.45) is 10.9. The lowest BCUT2D eigenvalue weighted by molar-refractivity contribution is -0.197. The van der Waals surface area contributed by atoms with Crippen molar-refractivity contribution in [3.8, 4) is 0 Å². The number of carbonyl (C=O) groups excluding carboxylic acids is 1. The molecule has 4 rings (SSSR count). The largest absolute Gasteiger partial charge is 0.389 e. The molecule has 0 heterocycles. The molecule has 2 heteroatoms. The highest BCUT2D eigenvalue weighted by molar-refractivity contribution is 5.79. The van der Waals surface area contributed by atoms with Crippen LogP contribution in [0.5, 0.6) is 0 Å². The van der Waals surface area contributed by atoms with Crippen molar-refractivity contribution < 1.29 is 9.90 Å². The lowest BCUT2D eigenvalue weighted by atomic mass is 9.44. The zero-order valence-electron chi connectivity index (χ0n) is 13.7. The van der Waals surface area contributed by atoms with Crippen LogP contribution in [0.4, 0.5) is 0 Å². The highest BCUT2D eigenvalue weighted by Crippen LogP contribution is 2.67. The second-order valence-corrected chi connectivity index (χ2v) is 9.11. The van der Waals surface area contributed by atoms with Crippen LogP contribution in [0.25, 0.3) is 0 Å². The van der Waals surface area contributed by atoms with Gasteiger partial charge >= 0.3 is 0 Å². The molecule has 4 saturated carbocycles. The molecule has 0 aromatic carbocycles. The summed E-state index contributed by atoms with van der Waals surface area (Å²) in [4.78, 5) is 11.9. The van der Waals surface area contributed by atoms with E-state index in [1.807, 2.05) is 0 Å². The summed E-state index contributed by atoms with van der Waals surface area (Å²) >= 11 is 0. The third kappa shape index (κ3) is 1.72. The number of ketones is 1. The Hall–Kier alpha value is -0.370. The predicted molar refractivity (Wildman–Crippen MR) is 82.8 cm³/mol. The van der Waals surface area contributed by atoms with Crippen LogP contribution in [-0.4, -0.2) is 16.5 Å². The Labute approximate surface area is 128 Å². The third-order valence-electron chi connectivity index (χ3n) is 8.46. The van der Waals surface area contributed by atoms with Crippen LogP contribution in [0.3, 0.4) is 0 Å². The van der Waals surface area contributed by atoms with Crippen LogP contribution in [0.1, 0.15) is 78.1 Å². The van der Waals surface area contributed by atoms with E-state index in [2.05, 4.69) is 13.8 Å². The van der Waals surface area contributed by atoms with Crippen molar-refractivity contribution in [3.05, 3.63) is 0 Å². The molecule has 0 unspecified atom stereocenters. The normalized spacial score (nSPS) is 56.5. The van der Waals surface area contributed by atoms with Crippen LogP contribution in [0.2, 0.25) is 0 Å². The molecule has 0 bridgehead atoms. The van der Waals surface area contributed by atoms with Gasteiger partial charge in [-0.25, -0.2) is 0 Å². The lowest BCUT2D eigenvalue weighted by Gasteiger charge is -2.62. The molecule has 2 nitrogen and oxygen atoms in total. The molecule has 1 N–H and O–H groups in total. The van der Waals surface area contributed by atoms with E-state index in [0.29, 0.717) is 29.0 Å². The van der Waals surface area contributed by atoms with Gasteiger partial charge in [-0.3, -0.25) is 4.79 Å². The topological polar surface area (TPSA) is 37.3 Å². The number of carbonyl (C=O) groups is 1. The molecule has 0 saturated heterocycles. The Bertz CT molecular complexity index is 472. The van der Waals surface area contributed by atoms with Crippen molar-refractivity contribution in [3.63, 3.8) is 0 Å². The molecule has 118 valence electrons. The summed E-state index contributed by atoms with van der Waals surface area (Å²) in [6.45, 7) is 4.79. The molecular formula is C19H30O2. The summed E-state index contributed by atoms with van der Waals surface area (Å²) < 4.78 is 0. The molecule has 4 aliphatic carbocycles. The maximum Gasteiger partial charge on any atom is 0.133 e. The second-order valence-electron chi connectivity index (χ2n) is 9.11. The van der Waals surface area contributed by atoms with E-state index < -0.39 is 5.60 Å². The SMILES string of the molecule is C[C@]12CCC(=O)C[C@H]1CC[C@H]1[C@H]2CC[C@@]2(C)CCC[C@@]12O. The molecule has 6 atom stereocenters. The van der Waals surface area contributed by atoms with E-state index in [4.69, 9.17) is 0 Å². The molecule has 21 heavy (non-hydrogen) atoms. The summed E-state index contributed by atoms with van der Waals surface area (Å²) in [7, 11) is 0. The van der Waals surface area contributed by atoms with Crippen LogP contribution in [0.15, 0.2) is 0 Å². The average Bonchev–Trinajstić information content (AvgIpc) is 2.75. The maximum atomic E-state index is 11.9. The first kappa shape index (κ1) is 14.2. The minimum absolute atomic E-state index is 0.169. The van der Waals surface area contributed by atoms with Gasteiger partial charge in [-0.1, -0.05) is 13.8 Å². The summed E-state index contributed by atoms with van der Waals surface area (Å²) in [6, 6.07) is 0. The van der Waals surface area contributed by atoms with Gasteiger partial charge in [0.05, 0.1) is 5.60 Å². The van der Waals surface area contributed by atoms with Gasteiger partial charge < -0.3 is 5.11 Å². The van der Waals surface area contributed by atoms with E-state index in [0.717, 1.165) is 32.1 Å². The van der Waals surface area contributed by atoms with Crippen molar-refractivity contribution in [2.75, 3.05) is 0 Å². The minimum Gasteiger partial charge on any atom is -0.389 e. The lowest BCUT2D eigenvalue weighted by Crippen LogP contribution is -2.61. The predicted octanol–water partition coefficient (Wildman–Crippen LogP) is 4.10. The number of hydrogen-bond donors (Lipinski definition) is 1. The van der Waals surface area contributed by atoms with Gasteiger partial charge in [-0.05, 0) is 80.0 Å². The van der Waals surface area contributed by atoms with Gasteiger partial charge in [0.1, 0.15) is 5.78 Å². The quantitative estimate of drug-likeness (QED) is 0.729. The van der Waals surface area contributed by atoms with Crippen molar-refractivity contribution in [2.24, 2.45) is 28.6 Å². The van der Waals surface area contributed by atoms with Crippen LogP contribution >= 0.6 is 0 Å². The van der Waals surface area contributed by atoms with E-state index in [-0.39, 0.29) is 5.41 Å². The smallest absolute Gasteiger partial charge is 0.133 e. The van der Waals surface area contributed by atoms with Gasteiger partial charge in [-0.15, -0.1) is 0 Å². The van der Waals surface area contributed by atoms with Crippen molar-refractivity contribution >= 4 is 5.78 Å². The van der Waals surface area contributed by atoms with Gasteiger partial charge in [0.15, 0.2) is 0 Å². The number of aliphatic hydroxyl groups is 1. The Kier molecular flexibility index (Phi) is 2.94. The molecule has 4 fully saturated rings. The average molecular weight is 290 g/mol. The third-order valence-corrected chi connectivity index (χ3v) is 8.46. The number of rotatable bonds is 0. The second kappa shape index (κ2) is 4.34. The molecule has 4 aliphatic rings. The van der Waals surface area contributed by atoms with Crippen LogP contribution in [0, 0.1) is 28.6 Å². The zero-order valence-corrected chi connectivity index (χ0v) is 13.7. The summed E-state index contributed by atoms with van der Waals surface area (Å²) in [5.41, 5.74) is 0.0731. The highest BCUT2D eigenvalue weighted by Gasteiger charge is 2.64. The number of Topliss-reactive ketones (excluding diaryl/α,β-unsaturated/α-hetero) is 1. The Morgan fingerprint density at radius 1 is 1.00 bits per heavy atom. The monoisotopic (exact) mass is 290 g/mol. The fraction of sp³-hybridized carbons (Fsp3) is 0.947. The van der Waals surface area contributed by atoms with Crippen molar-refractivity contribution in [1.82, 2.24) is 0 Å². The first-order valence-corrected chi connectivity index (χ1v) is 9.13. The molecule has 0 aliphatic heterocycles. The summed E-state index contributed by atoms with van der Waals surface area (Å²) in [5, 5.41) is 11.6. The van der Waals surface area contributed by atoms with Gasteiger partial charge in [-0.2, -0.15) is 0 Å². The first-order valence-electron chi connectivity index (χ1n) is 9.13. The molecule has 0 radical (unpaired) electrons. The van der Waals surface area contributed by atoms with Gasteiger partial charge in [0.2, 0.25) is 0 Å². The fourth-order valence-electron chi connectivity index (χ4n) is 7.00. The van der Waals surface area contributed by atoms with E-state index in [1.165, 1.54) is 32.1 Å². The fourth-order valence-corrected chi connectivity index (χ4v) is 7.00. The molecule has 0 aromatic heterocycles. The van der Waals surface area contributed by atoms with Crippen LogP contribution in [-0.2, 0) is 4.79 Å². The van der Waals surface area contributed by atoms with Gasteiger partial charge in [0, 0.05) is 12.8 Å². The number of fused-ring (bicyclic) bond motifs is 5. The zero-order chi connectivity index (χ0) is 14.9. The summed E-state index contributed by atoms with van der Waals surface area (Å²) in [5.74, 6) is 2.22. The molecular weight excluding hydrogens is 260 g/mol. The Morgan fingerprint density at radius 2 is 1.81 bits per heavy atom. The molecule has 0 aromatic rings. The first-order chi connectivity index (χ1) is 9.89. The Morgan fingerprint density at radius 3 is 2.62 bits per heavy atom. The standard InChI is InChI=1S/C19H30O2/c1-17-8-3-9-19(17,21)16-5-4-13-12-14(20)6-11-18(13,2)15(16)7-10-17/h13,15-16,21H,3-12H2,1-2H3/t13-,15-,16+,17-,18+,19-/m1/s1. The minimum atomic E-state index is -0.411. The number of hydrogen-bond acceptors (Lipinski definition) is 2. The van der Waals surface area contributed by atoms with E-state index in [9.17, 15) is 9.90 Å².